The Morgan fingerprint density at radius 2 is 0.778 bits per heavy atom. The van der Waals surface area contributed by atoms with Crippen molar-refractivity contribution in [1.29, 1.82) is 0 Å². The third-order valence-corrected chi connectivity index (χ3v) is 3.04. The van der Waals surface area contributed by atoms with Crippen molar-refractivity contribution in [3.63, 3.8) is 0 Å². The SMILES string of the molecule is OCCCCC#CCCCCCCCCCCO. The van der Waals surface area contributed by atoms with Gasteiger partial charge in [0.2, 0.25) is 0 Å². The average molecular weight is 254 g/mol. The summed E-state index contributed by atoms with van der Waals surface area (Å²) in [5, 5.41) is 17.2. The molecule has 0 saturated heterocycles. The van der Waals surface area contributed by atoms with Crippen LogP contribution in [0, 0.1) is 11.8 Å². The molecule has 2 heteroatoms. The quantitative estimate of drug-likeness (QED) is 0.412. The van der Waals surface area contributed by atoms with E-state index in [1.54, 1.807) is 0 Å². The Bertz CT molecular complexity index is 203. The summed E-state index contributed by atoms with van der Waals surface area (Å²) in [6.07, 6.45) is 13.8. The second-order valence-corrected chi connectivity index (χ2v) is 4.84. The van der Waals surface area contributed by atoms with Crippen molar-refractivity contribution in [2.75, 3.05) is 13.2 Å². The molecule has 0 unspecified atom stereocenters. The van der Waals surface area contributed by atoms with Gasteiger partial charge in [0.15, 0.2) is 0 Å². The third kappa shape index (κ3) is 15.5. The van der Waals surface area contributed by atoms with Gasteiger partial charge in [-0.25, -0.2) is 0 Å². The van der Waals surface area contributed by atoms with Gasteiger partial charge < -0.3 is 10.2 Å². The molecule has 0 aromatic heterocycles. The summed E-state index contributed by atoms with van der Waals surface area (Å²) in [5.41, 5.74) is 0. The average Bonchev–Trinajstić information content (AvgIpc) is 2.39. The molecule has 0 saturated carbocycles. The maximum atomic E-state index is 8.63. The molecule has 0 aliphatic heterocycles. The van der Waals surface area contributed by atoms with Gasteiger partial charge in [-0.1, -0.05) is 38.5 Å². The van der Waals surface area contributed by atoms with Crippen LogP contribution < -0.4 is 0 Å². The molecule has 0 spiro atoms. The summed E-state index contributed by atoms with van der Waals surface area (Å²) in [7, 11) is 0. The fourth-order valence-electron chi connectivity index (χ4n) is 1.89. The van der Waals surface area contributed by atoms with E-state index < -0.39 is 0 Å². The van der Waals surface area contributed by atoms with Crippen molar-refractivity contribution >= 4 is 0 Å². The number of rotatable bonds is 12. The highest BCUT2D eigenvalue weighted by atomic mass is 16.3. The summed E-state index contributed by atoms with van der Waals surface area (Å²) in [6.45, 7) is 0.636. The zero-order chi connectivity index (χ0) is 13.3. The summed E-state index contributed by atoms with van der Waals surface area (Å²) in [5.74, 6) is 6.36. The van der Waals surface area contributed by atoms with Crippen LogP contribution in [0.1, 0.15) is 77.0 Å². The van der Waals surface area contributed by atoms with Crippen molar-refractivity contribution in [3.05, 3.63) is 0 Å². The molecule has 0 atom stereocenters. The molecule has 2 nitrogen and oxygen atoms in total. The van der Waals surface area contributed by atoms with Crippen molar-refractivity contribution in [2.24, 2.45) is 0 Å². The zero-order valence-electron chi connectivity index (χ0n) is 11.8. The molecule has 2 N–H and O–H groups in total. The molecule has 0 aromatic rings. The molecular weight excluding hydrogens is 224 g/mol. The van der Waals surface area contributed by atoms with Crippen LogP contribution in [0.4, 0.5) is 0 Å². The maximum Gasteiger partial charge on any atom is 0.0431 e. The normalized spacial score (nSPS) is 10.1. The fraction of sp³-hybridized carbons (Fsp3) is 0.875. The van der Waals surface area contributed by atoms with Crippen LogP contribution in [-0.4, -0.2) is 23.4 Å². The minimum Gasteiger partial charge on any atom is -0.396 e. The molecule has 106 valence electrons. The van der Waals surface area contributed by atoms with Crippen LogP contribution >= 0.6 is 0 Å². The Morgan fingerprint density at radius 1 is 0.444 bits per heavy atom. The Labute approximate surface area is 113 Å². The highest BCUT2D eigenvalue weighted by Crippen LogP contribution is 2.09. The largest absolute Gasteiger partial charge is 0.396 e. The van der Waals surface area contributed by atoms with Crippen molar-refractivity contribution < 1.29 is 10.2 Å². The van der Waals surface area contributed by atoms with Gasteiger partial charge in [-0.3, -0.25) is 0 Å². The number of hydrogen-bond donors (Lipinski definition) is 2. The first kappa shape index (κ1) is 17.5. The van der Waals surface area contributed by atoms with E-state index in [2.05, 4.69) is 11.8 Å². The van der Waals surface area contributed by atoms with E-state index >= 15 is 0 Å². The lowest BCUT2D eigenvalue weighted by Gasteiger charge is -1.99. The smallest absolute Gasteiger partial charge is 0.0431 e. The monoisotopic (exact) mass is 254 g/mol. The predicted molar refractivity (Wildman–Crippen MR) is 77.4 cm³/mol. The van der Waals surface area contributed by atoms with E-state index in [-0.39, 0.29) is 0 Å². The summed E-state index contributed by atoms with van der Waals surface area (Å²) < 4.78 is 0. The van der Waals surface area contributed by atoms with Gasteiger partial charge in [-0.05, 0) is 25.7 Å². The minimum atomic E-state index is 0.292. The Hall–Kier alpha value is -0.520. The zero-order valence-corrected chi connectivity index (χ0v) is 11.8. The van der Waals surface area contributed by atoms with Gasteiger partial charge in [-0.2, -0.15) is 0 Å². The van der Waals surface area contributed by atoms with Gasteiger partial charge in [0.1, 0.15) is 0 Å². The summed E-state index contributed by atoms with van der Waals surface area (Å²) in [4.78, 5) is 0. The number of unbranched alkanes of at least 4 members (excludes halogenated alkanes) is 10. The van der Waals surface area contributed by atoms with E-state index in [9.17, 15) is 0 Å². The molecule has 0 bridgehead atoms. The summed E-state index contributed by atoms with van der Waals surface area (Å²) in [6, 6.07) is 0. The lowest BCUT2D eigenvalue weighted by atomic mass is 10.1. The Balaban J connectivity index is 3.02. The topological polar surface area (TPSA) is 40.5 Å². The molecule has 0 rings (SSSR count). The molecule has 0 fully saturated rings. The lowest BCUT2D eigenvalue weighted by Crippen LogP contribution is -1.84. The van der Waals surface area contributed by atoms with Crippen LogP contribution in [0.3, 0.4) is 0 Å². The van der Waals surface area contributed by atoms with Crippen LogP contribution in [0.15, 0.2) is 0 Å². The van der Waals surface area contributed by atoms with Crippen molar-refractivity contribution in [3.8, 4) is 11.8 Å². The molecule has 0 aromatic carbocycles. The summed E-state index contributed by atoms with van der Waals surface area (Å²) >= 11 is 0. The first-order chi connectivity index (χ1) is 8.91. The number of aliphatic hydroxyl groups excluding tert-OH is 2. The van der Waals surface area contributed by atoms with Gasteiger partial charge in [0.25, 0.3) is 0 Å². The van der Waals surface area contributed by atoms with E-state index in [4.69, 9.17) is 10.2 Å². The van der Waals surface area contributed by atoms with E-state index in [0.717, 1.165) is 32.1 Å². The van der Waals surface area contributed by atoms with E-state index in [1.165, 1.54) is 44.9 Å². The first-order valence-corrected chi connectivity index (χ1v) is 7.59. The van der Waals surface area contributed by atoms with E-state index in [1.807, 2.05) is 0 Å². The Kier molecular flexibility index (Phi) is 16.0. The molecular formula is C16H30O2. The second kappa shape index (κ2) is 16.5. The molecule has 0 aliphatic rings. The Morgan fingerprint density at radius 3 is 1.28 bits per heavy atom. The van der Waals surface area contributed by atoms with Gasteiger partial charge in [-0.15, -0.1) is 11.8 Å². The first-order valence-electron chi connectivity index (χ1n) is 7.59. The molecule has 18 heavy (non-hydrogen) atoms. The lowest BCUT2D eigenvalue weighted by molar-refractivity contribution is 0.282. The van der Waals surface area contributed by atoms with Crippen LogP contribution in [0.5, 0.6) is 0 Å². The molecule has 0 aliphatic carbocycles. The standard InChI is InChI=1S/C16H30O2/c17-15-13-11-9-7-5-3-1-2-4-6-8-10-12-14-16-18/h17-18H,1-5,7,9-16H2. The maximum absolute atomic E-state index is 8.63. The number of aliphatic hydroxyl groups is 2. The van der Waals surface area contributed by atoms with Gasteiger partial charge >= 0.3 is 0 Å². The molecule has 0 radical (unpaired) electrons. The molecule has 0 amide bonds. The highest BCUT2D eigenvalue weighted by Gasteiger charge is 1.91. The van der Waals surface area contributed by atoms with Gasteiger partial charge in [0.05, 0.1) is 0 Å². The highest BCUT2D eigenvalue weighted by molar-refractivity contribution is 4.98. The fourth-order valence-corrected chi connectivity index (χ4v) is 1.89. The number of hydrogen-bond acceptors (Lipinski definition) is 2. The van der Waals surface area contributed by atoms with E-state index in [0.29, 0.717) is 13.2 Å². The van der Waals surface area contributed by atoms with Crippen molar-refractivity contribution in [2.45, 2.75) is 77.0 Å². The predicted octanol–water partition coefficient (Wildman–Crippen LogP) is 3.66. The van der Waals surface area contributed by atoms with Crippen LogP contribution in [0.2, 0.25) is 0 Å². The van der Waals surface area contributed by atoms with Crippen LogP contribution in [-0.2, 0) is 0 Å². The second-order valence-electron chi connectivity index (χ2n) is 4.84. The van der Waals surface area contributed by atoms with Gasteiger partial charge in [0, 0.05) is 26.1 Å². The molecule has 0 heterocycles. The minimum absolute atomic E-state index is 0.292. The van der Waals surface area contributed by atoms with Crippen LogP contribution in [0.25, 0.3) is 0 Å². The third-order valence-electron chi connectivity index (χ3n) is 3.04. The van der Waals surface area contributed by atoms with Crippen molar-refractivity contribution in [1.82, 2.24) is 0 Å².